The molecule has 0 heterocycles. The molecule has 0 saturated heterocycles. The molecule has 150 valence electrons. The molecule has 0 fully saturated rings. The smallest absolute Gasteiger partial charge is 0.319 e. The molecule has 0 aliphatic carbocycles. The standard InChI is InChI=1S/C23H24N2O4/c1-27-21-9-5-6-10-22(21)28-16-15-24-23(26)25-19-11-13-20(14-12-19)29-17-18-7-3-2-4-8-18/h2-14H,15-17H2,1H3,(H2,24,25,26). The predicted octanol–water partition coefficient (Wildman–Crippen LogP) is 4.47. The number of benzene rings is 3. The average molecular weight is 392 g/mol. The number of nitrogens with one attached hydrogen (secondary N) is 2. The summed E-state index contributed by atoms with van der Waals surface area (Å²) in [7, 11) is 1.59. The number of carbonyl (C=O) groups is 1. The summed E-state index contributed by atoms with van der Waals surface area (Å²) in [6.07, 6.45) is 0. The highest BCUT2D eigenvalue weighted by Crippen LogP contribution is 2.25. The van der Waals surface area contributed by atoms with Gasteiger partial charge in [0, 0.05) is 5.69 Å². The molecule has 0 radical (unpaired) electrons. The lowest BCUT2D eigenvalue weighted by molar-refractivity contribution is 0.246. The molecular weight excluding hydrogens is 368 g/mol. The van der Waals surface area contributed by atoms with Crippen molar-refractivity contribution in [2.75, 3.05) is 25.6 Å². The summed E-state index contributed by atoms with van der Waals surface area (Å²) in [6, 6.07) is 24.3. The molecule has 2 amide bonds. The van der Waals surface area contributed by atoms with Gasteiger partial charge in [0.15, 0.2) is 11.5 Å². The largest absolute Gasteiger partial charge is 0.493 e. The number of carbonyl (C=O) groups excluding carboxylic acids is 1. The summed E-state index contributed by atoms with van der Waals surface area (Å²) in [6.45, 7) is 1.20. The molecule has 0 saturated carbocycles. The van der Waals surface area contributed by atoms with Gasteiger partial charge in [0.2, 0.25) is 0 Å². The molecule has 0 aliphatic rings. The van der Waals surface area contributed by atoms with Crippen LogP contribution < -0.4 is 24.8 Å². The van der Waals surface area contributed by atoms with E-state index in [0.717, 1.165) is 11.3 Å². The molecule has 6 heteroatoms. The van der Waals surface area contributed by atoms with Crippen LogP contribution in [0.25, 0.3) is 0 Å². The van der Waals surface area contributed by atoms with Gasteiger partial charge in [-0.1, -0.05) is 42.5 Å². The van der Waals surface area contributed by atoms with Crippen molar-refractivity contribution in [2.24, 2.45) is 0 Å². The Bertz CT molecular complexity index is 898. The van der Waals surface area contributed by atoms with Crippen molar-refractivity contribution in [3.05, 3.63) is 84.4 Å². The highest BCUT2D eigenvalue weighted by molar-refractivity contribution is 5.89. The zero-order chi connectivity index (χ0) is 20.3. The molecule has 3 rings (SSSR count). The molecule has 0 aromatic heterocycles. The number of ether oxygens (including phenoxy) is 3. The summed E-state index contributed by atoms with van der Waals surface area (Å²) >= 11 is 0. The number of hydrogen-bond donors (Lipinski definition) is 2. The van der Waals surface area contributed by atoms with Gasteiger partial charge in [0.05, 0.1) is 13.7 Å². The third-order valence-corrected chi connectivity index (χ3v) is 4.07. The van der Waals surface area contributed by atoms with Gasteiger partial charge in [-0.2, -0.15) is 0 Å². The first-order valence-corrected chi connectivity index (χ1v) is 9.32. The minimum atomic E-state index is -0.299. The van der Waals surface area contributed by atoms with E-state index in [9.17, 15) is 4.79 Å². The average Bonchev–Trinajstić information content (AvgIpc) is 2.77. The number of anilines is 1. The van der Waals surface area contributed by atoms with Crippen LogP contribution in [0.15, 0.2) is 78.9 Å². The van der Waals surface area contributed by atoms with E-state index in [1.165, 1.54) is 0 Å². The van der Waals surface area contributed by atoms with Crippen molar-refractivity contribution in [1.29, 1.82) is 0 Å². The Morgan fingerprint density at radius 3 is 2.24 bits per heavy atom. The zero-order valence-corrected chi connectivity index (χ0v) is 16.3. The van der Waals surface area contributed by atoms with E-state index >= 15 is 0 Å². The van der Waals surface area contributed by atoms with Crippen molar-refractivity contribution in [2.45, 2.75) is 6.61 Å². The molecule has 3 aromatic rings. The highest BCUT2D eigenvalue weighted by atomic mass is 16.5. The minimum absolute atomic E-state index is 0.299. The third kappa shape index (κ3) is 6.46. The van der Waals surface area contributed by atoms with Crippen molar-refractivity contribution in [1.82, 2.24) is 5.32 Å². The van der Waals surface area contributed by atoms with Crippen LogP contribution >= 0.6 is 0 Å². The Hall–Kier alpha value is -3.67. The summed E-state index contributed by atoms with van der Waals surface area (Å²) in [4.78, 5) is 12.0. The Morgan fingerprint density at radius 1 is 0.828 bits per heavy atom. The van der Waals surface area contributed by atoms with Gasteiger partial charge < -0.3 is 24.8 Å². The molecule has 3 aromatic carbocycles. The van der Waals surface area contributed by atoms with E-state index < -0.39 is 0 Å². The highest BCUT2D eigenvalue weighted by Gasteiger charge is 2.04. The van der Waals surface area contributed by atoms with Crippen LogP contribution in [0.5, 0.6) is 17.2 Å². The summed E-state index contributed by atoms with van der Waals surface area (Å²) in [5, 5.41) is 5.53. The number of hydrogen-bond acceptors (Lipinski definition) is 4. The second kappa shape index (κ2) is 10.6. The lowest BCUT2D eigenvalue weighted by Gasteiger charge is -2.12. The Balaban J connectivity index is 1.38. The first-order valence-electron chi connectivity index (χ1n) is 9.32. The monoisotopic (exact) mass is 392 g/mol. The van der Waals surface area contributed by atoms with Gasteiger partial charge in [-0.05, 0) is 42.0 Å². The van der Waals surface area contributed by atoms with Gasteiger partial charge in [-0.25, -0.2) is 4.79 Å². The SMILES string of the molecule is COc1ccccc1OCCNC(=O)Nc1ccc(OCc2ccccc2)cc1. The first-order chi connectivity index (χ1) is 14.2. The van der Waals surface area contributed by atoms with E-state index in [-0.39, 0.29) is 6.03 Å². The van der Waals surface area contributed by atoms with E-state index in [4.69, 9.17) is 14.2 Å². The van der Waals surface area contributed by atoms with Gasteiger partial charge in [0.1, 0.15) is 19.0 Å². The van der Waals surface area contributed by atoms with Crippen LogP contribution in [0.2, 0.25) is 0 Å². The maximum absolute atomic E-state index is 12.0. The molecule has 0 unspecified atom stereocenters. The number of para-hydroxylation sites is 2. The zero-order valence-electron chi connectivity index (χ0n) is 16.3. The van der Waals surface area contributed by atoms with E-state index in [0.29, 0.717) is 36.9 Å². The molecule has 0 bridgehead atoms. The van der Waals surface area contributed by atoms with Crippen LogP contribution in [0.4, 0.5) is 10.5 Å². The number of urea groups is 1. The lowest BCUT2D eigenvalue weighted by atomic mass is 10.2. The van der Waals surface area contributed by atoms with E-state index in [1.807, 2.05) is 66.7 Å². The van der Waals surface area contributed by atoms with Crippen molar-refractivity contribution in [3.63, 3.8) is 0 Å². The Labute approximate surface area is 170 Å². The van der Waals surface area contributed by atoms with Gasteiger partial charge in [0.25, 0.3) is 0 Å². The van der Waals surface area contributed by atoms with Crippen molar-refractivity contribution in [3.8, 4) is 17.2 Å². The molecule has 0 atom stereocenters. The Morgan fingerprint density at radius 2 is 1.52 bits per heavy atom. The molecule has 29 heavy (non-hydrogen) atoms. The van der Waals surface area contributed by atoms with E-state index in [1.54, 1.807) is 19.2 Å². The molecule has 2 N–H and O–H groups in total. The van der Waals surface area contributed by atoms with Crippen LogP contribution in [-0.4, -0.2) is 26.3 Å². The fraction of sp³-hybridized carbons (Fsp3) is 0.174. The fourth-order valence-corrected chi connectivity index (χ4v) is 2.61. The lowest BCUT2D eigenvalue weighted by Crippen LogP contribution is -2.32. The van der Waals surface area contributed by atoms with Gasteiger partial charge in [-0.3, -0.25) is 0 Å². The number of rotatable bonds is 9. The summed E-state index contributed by atoms with van der Waals surface area (Å²) in [5.74, 6) is 2.04. The fourth-order valence-electron chi connectivity index (χ4n) is 2.61. The van der Waals surface area contributed by atoms with E-state index in [2.05, 4.69) is 10.6 Å². The maximum atomic E-state index is 12.0. The van der Waals surface area contributed by atoms with Gasteiger partial charge in [-0.15, -0.1) is 0 Å². The summed E-state index contributed by atoms with van der Waals surface area (Å²) in [5.41, 5.74) is 1.78. The second-order valence-corrected chi connectivity index (χ2v) is 6.18. The number of methoxy groups -OCH3 is 1. The van der Waals surface area contributed by atoms with Gasteiger partial charge >= 0.3 is 6.03 Å². The molecule has 0 aliphatic heterocycles. The quantitative estimate of drug-likeness (QED) is 0.527. The van der Waals surface area contributed by atoms with Crippen LogP contribution in [0.3, 0.4) is 0 Å². The summed E-state index contributed by atoms with van der Waals surface area (Å²) < 4.78 is 16.6. The molecular formula is C23H24N2O4. The maximum Gasteiger partial charge on any atom is 0.319 e. The van der Waals surface area contributed by atoms with Crippen molar-refractivity contribution >= 4 is 11.7 Å². The van der Waals surface area contributed by atoms with Crippen LogP contribution in [0.1, 0.15) is 5.56 Å². The molecule has 6 nitrogen and oxygen atoms in total. The first kappa shape index (κ1) is 20.1. The number of amides is 2. The van der Waals surface area contributed by atoms with Crippen LogP contribution in [0, 0.1) is 0 Å². The topological polar surface area (TPSA) is 68.8 Å². The van der Waals surface area contributed by atoms with Crippen molar-refractivity contribution < 1.29 is 19.0 Å². The Kier molecular flexibility index (Phi) is 7.34. The normalized spacial score (nSPS) is 10.1. The minimum Gasteiger partial charge on any atom is -0.493 e. The predicted molar refractivity (Wildman–Crippen MR) is 113 cm³/mol. The molecule has 0 spiro atoms. The van der Waals surface area contributed by atoms with Crippen LogP contribution in [-0.2, 0) is 6.61 Å². The third-order valence-electron chi connectivity index (χ3n) is 4.07. The second-order valence-electron chi connectivity index (χ2n) is 6.18.